The molecule has 0 aromatic heterocycles. The Morgan fingerprint density at radius 2 is 1.31 bits per heavy atom. The Morgan fingerprint density at radius 1 is 0.862 bits per heavy atom. The fourth-order valence-electron chi connectivity index (χ4n) is 1.92. The first kappa shape index (κ1) is 40.2. The van der Waals surface area contributed by atoms with Crippen LogP contribution >= 0.6 is 15.0 Å². The molecule has 0 rings (SSSR count). The van der Waals surface area contributed by atoms with Gasteiger partial charge in [-0.05, 0) is 53.4 Å². The van der Waals surface area contributed by atoms with Gasteiger partial charge in [0.2, 0.25) is 0 Å². The van der Waals surface area contributed by atoms with Gasteiger partial charge in [-0.3, -0.25) is 9.13 Å². The maximum Gasteiger partial charge on any atom is 0.421 e. The Kier molecular flexibility index (Phi) is 26.8. The summed E-state index contributed by atoms with van der Waals surface area (Å²) in [7, 11) is -11.5. The second-order valence-corrected chi connectivity index (χ2v) is 10.5. The van der Waals surface area contributed by atoms with Crippen molar-refractivity contribution in [2.75, 3.05) is 0 Å². The Balaban J connectivity index is -0.00000104. The third-order valence-electron chi connectivity index (χ3n) is 3.53. The zero-order valence-corrected chi connectivity index (χ0v) is 29.7. The van der Waals surface area contributed by atoms with Gasteiger partial charge < -0.3 is 14.7 Å². The second kappa shape index (κ2) is 19.3. The van der Waals surface area contributed by atoms with Gasteiger partial charge in [-0.15, -0.1) is 0 Å². The molecule has 5 nitrogen and oxygen atoms in total. The van der Waals surface area contributed by atoms with Crippen LogP contribution < -0.4 is 0 Å². The van der Waals surface area contributed by atoms with E-state index in [1.165, 1.54) is 17.2 Å². The molecule has 0 amide bonds. The van der Waals surface area contributed by atoms with E-state index in [0.29, 0.717) is 6.42 Å². The molecule has 1 unspecified atom stereocenters. The molecule has 0 aliphatic carbocycles. The van der Waals surface area contributed by atoms with E-state index in [4.69, 9.17) is 9.79 Å². The van der Waals surface area contributed by atoms with E-state index < -0.39 is 20.4 Å². The summed E-state index contributed by atoms with van der Waals surface area (Å²) in [4.78, 5) is 26.3. The first-order valence-electron chi connectivity index (χ1n) is 8.10. The summed E-state index contributed by atoms with van der Waals surface area (Å²) < 4.78 is 48.8. The Morgan fingerprint density at radius 3 is 1.76 bits per heavy atom. The van der Waals surface area contributed by atoms with Gasteiger partial charge in [0, 0.05) is 160 Å². The smallest absolute Gasteiger partial charge is 0.337 e. The van der Waals surface area contributed by atoms with Crippen molar-refractivity contribution in [2.45, 2.75) is 58.8 Å². The van der Waals surface area contributed by atoms with Crippen molar-refractivity contribution >= 4 is 169 Å². The van der Waals surface area contributed by atoms with Crippen LogP contribution in [-0.2, 0) is 9.13 Å². The first-order valence-corrected chi connectivity index (χ1v) is 11.4. The van der Waals surface area contributed by atoms with E-state index >= 15 is 0 Å². The van der Waals surface area contributed by atoms with Gasteiger partial charge in [0.05, 0.1) is 0 Å². The average Bonchev–Trinajstić information content (AvgIpc) is 2.45. The first-order chi connectivity index (χ1) is 11.7. The quantitative estimate of drug-likeness (QED) is 0.164. The Labute approximate surface area is 300 Å². The van der Waals surface area contributed by atoms with Crippen LogP contribution in [0.25, 0.3) is 0 Å². The zero-order valence-electron chi connectivity index (χ0n) is 18.5. The average molecular weight is 530 g/mol. The van der Waals surface area contributed by atoms with Gasteiger partial charge >= 0.3 is 20.4 Å². The molecule has 0 bridgehead atoms. The molecule has 1 atom stereocenters. The predicted octanol–water partition coefficient (Wildman–Crippen LogP) is 4.78. The molecular formula is C17H28F2K3O5P2. The fraction of sp³-hybridized carbons (Fsp3) is 0.529. The fourth-order valence-corrected chi connectivity index (χ4v) is 4.11. The SMILES string of the molecule is CC(C)=CCCC(C)=CCCC(C)=CC=CP(=O)(O)C(F)(F)P(=O)(O)O.[K].[K].[K]. The summed E-state index contributed by atoms with van der Waals surface area (Å²) in [5, 5.41) is -5.00. The van der Waals surface area contributed by atoms with Gasteiger partial charge in [-0.25, -0.2) is 0 Å². The zero-order chi connectivity index (χ0) is 20.6. The van der Waals surface area contributed by atoms with Crippen molar-refractivity contribution in [3.63, 3.8) is 0 Å². The van der Waals surface area contributed by atoms with Crippen molar-refractivity contribution in [3.8, 4) is 0 Å². The number of allylic oxidation sites excluding steroid dienone is 7. The van der Waals surface area contributed by atoms with Crippen LogP contribution in [0.1, 0.15) is 53.4 Å². The van der Waals surface area contributed by atoms with Gasteiger partial charge in [-0.2, -0.15) is 8.78 Å². The van der Waals surface area contributed by atoms with Crippen molar-refractivity contribution in [1.82, 2.24) is 0 Å². The maximum atomic E-state index is 13.3. The van der Waals surface area contributed by atoms with E-state index in [1.807, 2.05) is 20.8 Å². The molecule has 153 valence electrons. The van der Waals surface area contributed by atoms with Crippen molar-refractivity contribution in [1.29, 1.82) is 0 Å². The van der Waals surface area contributed by atoms with Crippen LogP contribution in [0.3, 0.4) is 0 Å². The molecule has 0 aromatic rings. The van der Waals surface area contributed by atoms with Crippen molar-refractivity contribution in [3.05, 3.63) is 46.8 Å². The molecule has 0 spiro atoms. The number of halogens is 2. The molecule has 0 aliphatic rings. The molecule has 0 heterocycles. The molecule has 0 fully saturated rings. The van der Waals surface area contributed by atoms with E-state index in [2.05, 4.69) is 12.2 Å². The molecule has 29 heavy (non-hydrogen) atoms. The van der Waals surface area contributed by atoms with Crippen molar-refractivity contribution < 1.29 is 32.6 Å². The van der Waals surface area contributed by atoms with Crippen LogP contribution in [0.5, 0.6) is 0 Å². The molecule has 0 saturated carbocycles. The van der Waals surface area contributed by atoms with Crippen LogP contribution in [0.4, 0.5) is 8.78 Å². The minimum absolute atomic E-state index is 0. The minimum atomic E-state index is -6.03. The van der Waals surface area contributed by atoms with E-state index in [1.54, 1.807) is 6.92 Å². The van der Waals surface area contributed by atoms with Crippen LogP contribution in [-0.4, -0.2) is 174 Å². The van der Waals surface area contributed by atoms with Gasteiger partial charge in [0.15, 0.2) is 0 Å². The van der Waals surface area contributed by atoms with Crippen LogP contribution in [0.2, 0.25) is 0 Å². The number of hydrogen-bond acceptors (Lipinski definition) is 2. The third kappa shape index (κ3) is 17.2. The summed E-state index contributed by atoms with van der Waals surface area (Å²) in [5.74, 6) is 0.260. The molecular weight excluding hydrogens is 501 g/mol. The van der Waals surface area contributed by atoms with Gasteiger partial charge in [-0.1, -0.05) is 41.0 Å². The Hall–Kier alpha value is 4.07. The summed E-state index contributed by atoms with van der Waals surface area (Å²) in [6.07, 6.45) is 9.87. The molecule has 3 N–H and O–H groups in total. The molecule has 0 aliphatic heterocycles. The minimum Gasteiger partial charge on any atom is -0.337 e. The number of hydrogen-bond donors (Lipinski definition) is 3. The normalized spacial score (nSPS) is 14.9. The summed E-state index contributed by atoms with van der Waals surface area (Å²) in [5.41, 5.74) is 3.30. The summed E-state index contributed by atoms with van der Waals surface area (Å²) in [6, 6.07) is 0. The monoisotopic (exact) mass is 529 g/mol. The number of alkyl halides is 2. The van der Waals surface area contributed by atoms with E-state index in [9.17, 15) is 22.8 Å². The topological polar surface area (TPSA) is 94.8 Å². The maximum absolute atomic E-state index is 13.3. The van der Waals surface area contributed by atoms with Crippen LogP contribution in [0.15, 0.2) is 46.8 Å². The second-order valence-electron chi connectivity index (χ2n) is 6.44. The predicted molar refractivity (Wildman–Crippen MR) is 119 cm³/mol. The van der Waals surface area contributed by atoms with Gasteiger partial charge in [0.1, 0.15) is 0 Å². The molecule has 12 heteroatoms. The van der Waals surface area contributed by atoms with E-state index in [0.717, 1.165) is 30.9 Å². The van der Waals surface area contributed by atoms with Crippen molar-refractivity contribution in [2.24, 2.45) is 0 Å². The van der Waals surface area contributed by atoms with Gasteiger partial charge in [0.25, 0.3) is 0 Å². The third-order valence-corrected chi connectivity index (χ3v) is 7.22. The molecule has 0 aromatic carbocycles. The summed E-state index contributed by atoms with van der Waals surface area (Å²) >= 11 is 0. The molecule has 3 radical (unpaired) electrons. The largest absolute Gasteiger partial charge is 0.421 e. The van der Waals surface area contributed by atoms with E-state index in [-0.39, 0.29) is 160 Å². The standard InChI is InChI=1S/C17H28F2O5P2.3K/c1-14(2)8-5-9-15(3)10-6-11-16(4)12-7-13-25(20,21)17(18,19)26(22,23)24;;;/h7-8,10,12-13H,5-6,9,11H2,1-4H3,(H,20,21)(H2,22,23,24);;;. The van der Waals surface area contributed by atoms with Crippen LogP contribution in [0, 0.1) is 0 Å². The summed E-state index contributed by atoms with van der Waals surface area (Å²) in [6.45, 7) is 7.85. The number of rotatable bonds is 10. The Bertz CT molecular complexity index is 697. The molecule has 0 saturated heterocycles.